The minimum atomic E-state index is -0.0596. The van der Waals surface area contributed by atoms with Gasteiger partial charge < -0.3 is 0 Å². The van der Waals surface area contributed by atoms with E-state index in [4.69, 9.17) is 0 Å². The molecule has 3 heteroatoms. The number of Topliss-reactive ketones (excluding diaryl/α,β-unsaturated/α-hetero) is 1. The molecule has 0 N–H and O–H groups in total. The van der Waals surface area contributed by atoms with E-state index in [0.29, 0.717) is 40.6 Å². The van der Waals surface area contributed by atoms with E-state index in [1.54, 1.807) is 0 Å². The molecular weight excluding hydrogens is 340 g/mol. The molecule has 0 aromatic rings. The average Bonchev–Trinajstić information content (AvgIpc) is 2.77. The van der Waals surface area contributed by atoms with E-state index in [0.717, 1.165) is 38.5 Å². The molecule has 0 saturated heterocycles. The number of fused-ring (bicyclic) bond motifs is 5. The molecule has 0 amide bonds. The molecule has 4 rings (SSSR count). The topological polar surface area (TPSA) is 34.1 Å². The molecule has 0 aromatic carbocycles. The number of hydrogen-bond donors (Lipinski definition) is 0. The fourth-order valence-corrected chi connectivity index (χ4v) is 7.42. The predicted molar refractivity (Wildman–Crippen MR) is 89.8 cm³/mol. The van der Waals surface area contributed by atoms with Gasteiger partial charge in [-0.15, -0.1) is 0 Å². The quantitative estimate of drug-likeness (QED) is 0.594. The molecule has 4 aliphatic rings. The van der Waals surface area contributed by atoms with Crippen LogP contribution < -0.4 is 0 Å². The summed E-state index contributed by atoms with van der Waals surface area (Å²) in [6.07, 6.45) is 8.83. The molecule has 1 unspecified atom stereocenters. The molecule has 0 aliphatic heterocycles. The zero-order valence-corrected chi connectivity index (χ0v) is 15.1. The Labute approximate surface area is 141 Å². The zero-order valence-electron chi connectivity index (χ0n) is 13.5. The molecule has 0 spiro atoms. The first-order valence-electron chi connectivity index (χ1n) is 8.78. The lowest BCUT2D eigenvalue weighted by Crippen LogP contribution is -2.53. The van der Waals surface area contributed by atoms with Crippen LogP contribution in [0.15, 0.2) is 11.6 Å². The molecule has 120 valence electrons. The Morgan fingerprint density at radius 1 is 1.05 bits per heavy atom. The minimum Gasteiger partial charge on any atom is -0.299 e. The molecule has 6 atom stereocenters. The van der Waals surface area contributed by atoms with E-state index in [1.807, 2.05) is 6.08 Å². The van der Waals surface area contributed by atoms with Crippen LogP contribution >= 0.6 is 15.9 Å². The van der Waals surface area contributed by atoms with Gasteiger partial charge >= 0.3 is 0 Å². The molecule has 0 radical (unpaired) electrons. The molecule has 0 bridgehead atoms. The van der Waals surface area contributed by atoms with Gasteiger partial charge in [-0.3, -0.25) is 9.59 Å². The van der Waals surface area contributed by atoms with Crippen LogP contribution in [0.5, 0.6) is 0 Å². The van der Waals surface area contributed by atoms with Crippen molar-refractivity contribution in [2.24, 2.45) is 28.6 Å². The van der Waals surface area contributed by atoms with Crippen molar-refractivity contribution in [3.63, 3.8) is 0 Å². The highest BCUT2D eigenvalue weighted by Gasteiger charge is 2.60. The van der Waals surface area contributed by atoms with Crippen molar-refractivity contribution in [3.8, 4) is 0 Å². The van der Waals surface area contributed by atoms with E-state index in [1.165, 1.54) is 5.57 Å². The largest absolute Gasteiger partial charge is 0.299 e. The van der Waals surface area contributed by atoms with E-state index in [2.05, 4.69) is 29.8 Å². The van der Waals surface area contributed by atoms with Gasteiger partial charge in [0.15, 0.2) is 5.78 Å². The SMILES string of the molecule is C[C@]12CCC(=O)C=C1C(Br)C[C@@H]1[C@@H]2CC[C@]2(C)C(=O)CC[C@@H]12. The fraction of sp³-hybridized carbons (Fsp3) is 0.789. The third-order valence-electron chi connectivity index (χ3n) is 7.65. The van der Waals surface area contributed by atoms with Crippen LogP contribution in [0.25, 0.3) is 0 Å². The summed E-state index contributed by atoms with van der Waals surface area (Å²) in [5.41, 5.74) is 1.45. The molecule has 2 nitrogen and oxygen atoms in total. The van der Waals surface area contributed by atoms with Crippen LogP contribution in [0.3, 0.4) is 0 Å². The van der Waals surface area contributed by atoms with Gasteiger partial charge in [0.25, 0.3) is 0 Å². The van der Waals surface area contributed by atoms with E-state index < -0.39 is 0 Å². The van der Waals surface area contributed by atoms with Crippen molar-refractivity contribution in [2.45, 2.75) is 63.6 Å². The predicted octanol–water partition coefficient (Wildman–Crippen LogP) is 4.46. The van der Waals surface area contributed by atoms with Crippen molar-refractivity contribution in [1.82, 2.24) is 0 Å². The fourth-order valence-electron chi connectivity index (χ4n) is 6.33. The summed E-state index contributed by atoms with van der Waals surface area (Å²) < 4.78 is 0. The summed E-state index contributed by atoms with van der Waals surface area (Å²) >= 11 is 3.88. The van der Waals surface area contributed by atoms with Gasteiger partial charge in [-0.25, -0.2) is 0 Å². The van der Waals surface area contributed by atoms with Crippen molar-refractivity contribution < 1.29 is 9.59 Å². The van der Waals surface area contributed by atoms with Crippen LogP contribution in [0.4, 0.5) is 0 Å². The van der Waals surface area contributed by atoms with Crippen LogP contribution in [0, 0.1) is 28.6 Å². The Hall–Kier alpha value is -0.440. The molecule has 0 aromatic heterocycles. The Morgan fingerprint density at radius 2 is 1.77 bits per heavy atom. The normalized spacial score (nSPS) is 51.0. The number of carbonyl (C=O) groups excluding carboxylic acids is 2. The second-order valence-corrected chi connectivity index (χ2v) is 9.59. The lowest BCUT2D eigenvalue weighted by molar-refractivity contribution is -0.132. The molecule has 3 saturated carbocycles. The number of hydrogen-bond acceptors (Lipinski definition) is 2. The van der Waals surface area contributed by atoms with Gasteiger partial charge in [0.05, 0.1) is 0 Å². The summed E-state index contributed by atoms with van der Waals surface area (Å²) in [7, 11) is 0. The van der Waals surface area contributed by atoms with E-state index in [9.17, 15) is 9.59 Å². The van der Waals surface area contributed by atoms with Gasteiger partial charge in [0.1, 0.15) is 5.78 Å². The maximum absolute atomic E-state index is 12.4. The highest BCUT2D eigenvalue weighted by molar-refractivity contribution is 9.09. The Bertz CT molecular complexity index is 580. The third-order valence-corrected chi connectivity index (χ3v) is 8.51. The minimum absolute atomic E-state index is 0.0596. The van der Waals surface area contributed by atoms with Crippen LogP contribution in [-0.4, -0.2) is 16.4 Å². The summed E-state index contributed by atoms with van der Waals surface area (Å²) in [6.45, 7) is 4.61. The van der Waals surface area contributed by atoms with E-state index in [-0.39, 0.29) is 10.8 Å². The molecule has 4 aliphatic carbocycles. The third kappa shape index (κ3) is 1.84. The molecule has 22 heavy (non-hydrogen) atoms. The average molecular weight is 365 g/mol. The monoisotopic (exact) mass is 364 g/mol. The van der Waals surface area contributed by atoms with Gasteiger partial charge in [0, 0.05) is 23.1 Å². The first-order valence-corrected chi connectivity index (χ1v) is 9.70. The maximum atomic E-state index is 12.4. The van der Waals surface area contributed by atoms with Gasteiger partial charge in [-0.1, -0.05) is 29.8 Å². The molecule has 0 heterocycles. The number of rotatable bonds is 0. The molecular formula is C19H25BrO2. The number of ketones is 2. The number of halogens is 1. The number of alkyl halides is 1. The summed E-state index contributed by atoms with van der Waals surface area (Å²) in [6, 6.07) is 0. The summed E-state index contributed by atoms with van der Waals surface area (Å²) in [5.74, 6) is 2.67. The van der Waals surface area contributed by atoms with Crippen molar-refractivity contribution in [3.05, 3.63) is 11.6 Å². The lowest BCUT2D eigenvalue weighted by atomic mass is 9.47. The number of allylic oxidation sites excluding steroid dienone is 1. The van der Waals surface area contributed by atoms with Crippen LogP contribution in [0.1, 0.15) is 58.8 Å². The summed E-state index contributed by atoms with van der Waals surface area (Å²) in [4.78, 5) is 24.6. The second kappa shape index (κ2) is 4.78. The van der Waals surface area contributed by atoms with Crippen molar-refractivity contribution in [1.29, 1.82) is 0 Å². The van der Waals surface area contributed by atoms with E-state index >= 15 is 0 Å². The smallest absolute Gasteiger partial charge is 0.155 e. The Morgan fingerprint density at radius 3 is 2.55 bits per heavy atom. The maximum Gasteiger partial charge on any atom is 0.155 e. The van der Waals surface area contributed by atoms with Gasteiger partial charge in [-0.2, -0.15) is 0 Å². The number of carbonyl (C=O) groups is 2. The van der Waals surface area contributed by atoms with Crippen LogP contribution in [-0.2, 0) is 9.59 Å². The summed E-state index contributed by atoms with van der Waals surface area (Å²) in [5, 5.41) is 0. The van der Waals surface area contributed by atoms with Gasteiger partial charge in [0.2, 0.25) is 0 Å². The highest BCUT2D eigenvalue weighted by atomic mass is 79.9. The Balaban J connectivity index is 1.74. The zero-order chi connectivity index (χ0) is 15.7. The molecule has 3 fully saturated rings. The van der Waals surface area contributed by atoms with Gasteiger partial charge in [-0.05, 0) is 66.9 Å². The van der Waals surface area contributed by atoms with Crippen LogP contribution in [0.2, 0.25) is 0 Å². The highest BCUT2D eigenvalue weighted by Crippen LogP contribution is 2.65. The first-order chi connectivity index (χ1) is 10.4. The first kappa shape index (κ1) is 15.1. The standard InChI is InChI=1S/C19H25BrO2/c1-18-7-5-11(21)9-15(18)16(20)10-12-13-3-4-17(22)19(13,2)8-6-14(12)18/h9,12-14,16H,3-8,10H2,1-2H3/t12-,13-,14-,16?,18+,19-/m0/s1. The Kier molecular flexibility index (Phi) is 3.28. The second-order valence-electron chi connectivity index (χ2n) is 8.48. The lowest BCUT2D eigenvalue weighted by Gasteiger charge is -2.58. The van der Waals surface area contributed by atoms with Crippen molar-refractivity contribution >= 4 is 27.5 Å². The van der Waals surface area contributed by atoms with Crippen molar-refractivity contribution in [2.75, 3.05) is 0 Å².